The highest BCUT2D eigenvalue weighted by Crippen LogP contribution is 2.37. The van der Waals surface area contributed by atoms with Crippen LogP contribution in [0.1, 0.15) is 19.8 Å². The van der Waals surface area contributed by atoms with E-state index in [2.05, 4.69) is 4.98 Å². The zero-order chi connectivity index (χ0) is 18.1. The van der Waals surface area contributed by atoms with Gasteiger partial charge < -0.3 is 19.1 Å². The van der Waals surface area contributed by atoms with E-state index in [0.29, 0.717) is 36.8 Å². The number of pyridine rings is 1. The molecule has 1 heterocycles. The van der Waals surface area contributed by atoms with E-state index in [0.717, 1.165) is 12.2 Å². The van der Waals surface area contributed by atoms with Gasteiger partial charge in [0, 0.05) is 19.7 Å². The number of anilines is 1. The van der Waals surface area contributed by atoms with Gasteiger partial charge in [-0.2, -0.15) is 0 Å². The Morgan fingerprint density at radius 2 is 1.96 bits per heavy atom. The Kier molecular flexibility index (Phi) is 7.07. The van der Waals surface area contributed by atoms with Crippen molar-refractivity contribution in [3.05, 3.63) is 42.6 Å². The zero-order valence-corrected chi connectivity index (χ0v) is 14.9. The van der Waals surface area contributed by atoms with Gasteiger partial charge in [-0.1, -0.05) is 19.1 Å². The first-order valence-corrected chi connectivity index (χ1v) is 8.28. The molecule has 0 N–H and O–H groups in total. The lowest BCUT2D eigenvalue weighted by molar-refractivity contribution is -0.134. The average Bonchev–Trinajstić information content (AvgIpc) is 2.63. The van der Waals surface area contributed by atoms with Gasteiger partial charge in [0.2, 0.25) is 5.75 Å². The van der Waals surface area contributed by atoms with Gasteiger partial charge in [0.25, 0.3) is 0 Å². The minimum absolute atomic E-state index is 0.303. The molecule has 0 aliphatic heterocycles. The first kappa shape index (κ1) is 18.6. The molecule has 6 heteroatoms. The summed E-state index contributed by atoms with van der Waals surface area (Å²) in [5, 5.41) is 0. The molecule has 25 heavy (non-hydrogen) atoms. The quantitative estimate of drug-likeness (QED) is 0.514. The van der Waals surface area contributed by atoms with Gasteiger partial charge >= 0.3 is 5.97 Å². The van der Waals surface area contributed by atoms with Gasteiger partial charge in [0.15, 0.2) is 11.5 Å². The Balaban J connectivity index is 2.02. The van der Waals surface area contributed by atoms with Gasteiger partial charge in [0.1, 0.15) is 12.4 Å². The molecule has 0 amide bonds. The van der Waals surface area contributed by atoms with Crippen molar-refractivity contribution < 1.29 is 19.0 Å². The first-order chi connectivity index (χ1) is 12.2. The van der Waals surface area contributed by atoms with Crippen LogP contribution in [0.2, 0.25) is 0 Å². The number of hydrogen-bond donors (Lipinski definition) is 0. The summed E-state index contributed by atoms with van der Waals surface area (Å²) in [5.74, 6) is 1.84. The van der Waals surface area contributed by atoms with E-state index in [1.807, 2.05) is 37.1 Å². The van der Waals surface area contributed by atoms with E-state index >= 15 is 0 Å². The van der Waals surface area contributed by atoms with E-state index in [4.69, 9.17) is 14.2 Å². The molecule has 0 radical (unpaired) electrons. The third-order valence-corrected chi connectivity index (χ3v) is 3.56. The van der Waals surface area contributed by atoms with Gasteiger partial charge in [-0.15, -0.1) is 0 Å². The summed E-state index contributed by atoms with van der Waals surface area (Å²) in [6, 6.07) is 11.0. The fourth-order valence-corrected chi connectivity index (χ4v) is 2.23. The average molecular weight is 344 g/mol. The highest BCUT2D eigenvalue weighted by Gasteiger charge is 2.16. The van der Waals surface area contributed by atoms with Crippen molar-refractivity contribution in [1.82, 2.24) is 4.98 Å². The second-order valence-corrected chi connectivity index (χ2v) is 5.47. The zero-order valence-electron chi connectivity index (χ0n) is 14.9. The lowest BCUT2D eigenvalue weighted by Gasteiger charge is -2.19. The number of benzene rings is 1. The molecular weight excluding hydrogens is 320 g/mol. The molecule has 0 unspecified atom stereocenters. The Morgan fingerprint density at radius 1 is 1.16 bits per heavy atom. The molecule has 0 aliphatic carbocycles. The molecule has 0 atom stereocenters. The summed E-state index contributed by atoms with van der Waals surface area (Å²) in [5.41, 5.74) is 0. The van der Waals surface area contributed by atoms with Crippen molar-refractivity contribution in [1.29, 1.82) is 0 Å². The Labute approximate surface area is 148 Å². The topological polar surface area (TPSA) is 60.9 Å². The van der Waals surface area contributed by atoms with Crippen molar-refractivity contribution in [3.8, 4) is 17.2 Å². The van der Waals surface area contributed by atoms with Crippen LogP contribution in [0.3, 0.4) is 0 Å². The minimum atomic E-state index is -0.303. The number of para-hydroxylation sites is 1. The predicted octanol–water partition coefficient (Wildman–Crippen LogP) is 3.31. The fraction of sp³-hybridized carbons (Fsp3) is 0.368. The number of carbonyl (C=O) groups excluding carboxylic acids is 1. The Hall–Kier alpha value is -2.76. The molecule has 0 bridgehead atoms. The number of esters is 1. The minimum Gasteiger partial charge on any atom is -0.493 e. The predicted molar refractivity (Wildman–Crippen MR) is 96.5 cm³/mol. The number of hydrogen-bond acceptors (Lipinski definition) is 6. The molecule has 0 spiro atoms. The number of carbonyl (C=O) groups is 1. The summed E-state index contributed by atoms with van der Waals surface area (Å²) in [7, 11) is 3.48. The monoisotopic (exact) mass is 344 g/mol. The molecule has 0 fully saturated rings. The van der Waals surface area contributed by atoms with Gasteiger partial charge in [-0.25, -0.2) is 4.98 Å². The van der Waals surface area contributed by atoms with Crippen LogP contribution in [0, 0.1) is 0 Å². The third kappa shape index (κ3) is 5.38. The SMILES string of the molecule is CCCC(=O)Oc1c(OC)cccc1OCCN(C)c1ccccn1. The van der Waals surface area contributed by atoms with Crippen LogP contribution in [0.5, 0.6) is 17.2 Å². The number of aromatic nitrogens is 1. The number of rotatable bonds is 9. The Bertz CT molecular complexity index is 676. The van der Waals surface area contributed by atoms with E-state index < -0.39 is 0 Å². The number of nitrogens with zero attached hydrogens (tertiary/aromatic N) is 2. The van der Waals surface area contributed by atoms with Crippen LogP contribution in [0.25, 0.3) is 0 Å². The van der Waals surface area contributed by atoms with Crippen molar-refractivity contribution in [3.63, 3.8) is 0 Å². The smallest absolute Gasteiger partial charge is 0.311 e. The molecule has 2 aromatic rings. The van der Waals surface area contributed by atoms with Crippen LogP contribution >= 0.6 is 0 Å². The van der Waals surface area contributed by atoms with Crippen LogP contribution < -0.4 is 19.1 Å². The summed E-state index contributed by atoms with van der Waals surface area (Å²) in [6.07, 6.45) is 2.82. The summed E-state index contributed by atoms with van der Waals surface area (Å²) >= 11 is 0. The second-order valence-electron chi connectivity index (χ2n) is 5.47. The summed E-state index contributed by atoms with van der Waals surface area (Å²) in [6.45, 7) is 2.98. The highest BCUT2D eigenvalue weighted by molar-refractivity contribution is 5.74. The van der Waals surface area contributed by atoms with Gasteiger partial charge in [-0.3, -0.25) is 4.79 Å². The van der Waals surface area contributed by atoms with Crippen LogP contribution in [0.15, 0.2) is 42.6 Å². The van der Waals surface area contributed by atoms with E-state index in [1.54, 1.807) is 24.4 Å². The molecule has 1 aromatic heterocycles. The number of likely N-dealkylation sites (N-methyl/N-ethyl adjacent to an activating group) is 1. The van der Waals surface area contributed by atoms with E-state index in [-0.39, 0.29) is 5.97 Å². The maximum Gasteiger partial charge on any atom is 0.311 e. The molecule has 134 valence electrons. The van der Waals surface area contributed by atoms with Crippen molar-refractivity contribution in [2.24, 2.45) is 0 Å². The molecule has 1 aromatic carbocycles. The van der Waals surface area contributed by atoms with Crippen LogP contribution in [-0.2, 0) is 4.79 Å². The highest BCUT2D eigenvalue weighted by atomic mass is 16.6. The molecule has 0 aliphatic rings. The summed E-state index contributed by atoms with van der Waals surface area (Å²) in [4.78, 5) is 18.1. The van der Waals surface area contributed by atoms with Crippen molar-refractivity contribution >= 4 is 11.8 Å². The molecule has 2 rings (SSSR count). The molecule has 0 saturated carbocycles. The Morgan fingerprint density at radius 3 is 2.64 bits per heavy atom. The summed E-state index contributed by atoms with van der Waals surface area (Å²) < 4.78 is 16.5. The van der Waals surface area contributed by atoms with E-state index in [9.17, 15) is 4.79 Å². The van der Waals surface area contributed by atoms with Crippen molar-refractivity contribution in [2.75, 3.05) is 32.2 Å². The number of ether oxygens (including phenoxy) is 3. The van der Waals surface area contributed by atoms with E-state index in [1.165, 1.54) is 7.11 Å². The van der Waals surface area contributed by atoms with Crippen LogP contribution in [0.4, 0.5) is 5.82 Å². The first-order valence-electron chi connectivity index (χ1n) is 8.28. The standard InChI is InChI=1S/C19H24N2O4/c1-4-8-18(22)25-19-15(23-3)9-7-10-16(19)24-14-13-21(2)17-11-5-6-12-20-17/h5-7,9-12H,4,8,13-14H2,1-3H3. The van der Waals surface area contributed by atoms with Crippen molar-refractivity contribution in [2.45, 2.75) is 19.8 Å². The van der Waals surface area contributed by atoms with Gasteiger partial charge in [-0.05, 0) is 30.7 Å². The molecule has 6 nitrogen and oxygen atoms in total. The number of methoxy groups -OCH3 is 1. The van der Waals surface area contributed by atoms with Crippen LogP contribution in [-0.4, -0.2) is 38.3 Å². The maximum atomic E-state index is 11.9. The molecular formula is C19H24N2O4. The normalized spacial score (nSPS) is 10.2. The van der Waals surface area contributed by atoms with Gasteiger partial charge in [0.05, 0.1) is 13.7 Å². The third-order valence-electron chi connectivity index (χ3n) is 3.56. The molecule has 0 saturated heterocycles. The fourth-order valence-electron chi connectivity index (χ4n) is 2.23. The lowest BCUT2D eigenvalue weighted by atomic mass is 10.3. The lowest BCUT2D eigenvalue weighted by Crippen LogP contribution is -2.24. The largest absolute Gasteiger partial charge is 0.493 e. The second kappa shape index (κ2) is 9.52. The maximum absolute atomic E-state index is 11.9.